The molecule has 0 saturated heterocycles. The van der Waals surface area contributed by atoms with Gasteiger partial charge in [0.25, 0.3) is 0 Å². The van der Waals surface area contributed by atoms with Crippen molar-refractivity contribution in [1.82, 2.24) is 27.4 Å². The van der Waals surface area contributed by atoms with E-state index in [0.29, 0.717) is 0 Å². The molecule has 117 heavy (non-hydrogen) atoms. The van der Waals surface area contributed by atoms with E-state index in [1.807, 2.05) is 35.6 Å². The Bertz CT molecular complexity index is 8600. The molecule has 0 atom stereocenters. The number of hydrogen-bond donors (Lipinski definition) is 0. The van der Waals surface area contributed by atoms with Crippen molar-refractivity contribution in [2.24, 2.45) is 0 Å². The average Bonchev–Trinajstić information content (AvgIpc) is 1.56. The molecule has 9 heterocycles. The van der Waals surface area contributed by atoms with Crippen molar-refractivity contribution in [3.8, 4) is 34.1 Å². The van der Waals surface area contributed by atoms with Gasteiger partial charge < -0.3 is 36.2 Å². The molecule has 18 aromatic carbocycles. The van der Waals surface area contributed by atoms with E-state index in [2.05, 4.69) is 404 Å². The van der Waals surface area contributed by atoms with E-state index in [9.17, 15) is 0 Å². The molecule has 8 nitrogen and oxygen atoms in total. The van der Waals surface area contributed by atoms with Crippen LogP contribution in [0.3, 0.4) is 0 Å². The second-order valence-corrected chi connectivity index (χ2v) is 31.6. The fourth-order valence-corrected chi connectivity index (χ4v) is 20.5. The van der Waals surface area contributed by atoms with Gasteiger partial charge in [0.15, 0.2) is 0 Å². The van der Waals surface area contributed by atoms with Gasteiger partial charge in [-0.15, -0.1) is 11.3 Å². The second kappa shape index (κ2) is 25.5. The molecule has 0 unspecified atom stereocenters. The summed E-state index contributed by atoms with van der Waals surface area (Å²) in [6.07, 6.45) is 0. The minimum absolute atomic E-state index is 0.909. The monoisotopic (exact) mass is 1510 g/mol. The fraction of sp³-hybridized carbons (Fsp3) is 0. The van der Waals surface area contributed by atoms with Crippen LogP contribution in [-0.4, -0.2) is 27.4 Å². The first kappa shape index (κ1) is 65.2. The Morgan fingerprint density at radius 2 is 0.462 bits per heavy atom. The van der Waals surface area contributed by atoms with E-state index in [1.165, 1.54) is 168 Å². The number of rotatable bonds is 6. The van der Waals surface area contributed by atoms with E-state index < -0.39 is 0 Å². The Labute approximate surface area is 672 Å². The summed E-state index contributed by atoms with van der Waals surface area (Å²) >= 11 is 1.87. The standard InChI is InChI=1S/2C36H22N2O.C36H22N2S/c1-2-10-23(11-3-1)38-30-15-7-4-12-25(30)27-19-20-32-35(36(27)38)28-14-5-8-16-31(28)37(32)24-18-21-34-29(22-24)26-13-6-9-17-33(26)39-34;1-2-10-23(11-3-1)37-31-16-8-5-14-28(31)35-32(37)20-19-27-25-12-4-7-15-30(25)38(36(27)35)24-18-21-34-29(22-24)26-13-6-9-17-33(26)39-34;1-2-10-23(11-3-1)37-31-15-7-4-12-25(31)28-21-29-26-13-5-8-16-32(26)38(34(29)22-33(28)37)24-18-19-36-30(20-24)27-14-6-9-17-35(27)39-36/h3*1-22H. The van der Waals surface area contributed by atoms with E-state index in [4.69, 9.17) is 8.83 Å². The number of para-hydroxylation sites is 11. The van der Waals surface area contributed by atoms with Gasteiger partial charge in [0.1, 0.15) is 22.3 Å². The summed E-state index contributed by atoms with van der Waals surface area (Å²) in [6.45, 7) is 0. The topological polar surface area (TPSA) is 55.9 Å². The van der Waals surface area contributed by atoms with Gasteiger partial charge in [-0.05, 0) is 170 Å². The third kappa shape index (κ3) is 9.75. The predicted octanol–water partition coefficient (Wildman–Crippen LogP) is 29.8. The van der Waals surface area contributed by atoms with Crippen LogP contribution in [0.15, 0.2) is 409 Å². The largest absolute Gasteiger partial charge is 0.456 e. The molecule has 0 amide bonds. The van der Waals surface area contributed by atoms with Gasteiger partial charge in [-0.25, -0.2) is 0 Å². The maximum Gasteiger partial charge on any atom is 0.135 e. The van der Waals surface area contributed by atoms with Crippen molar-refractivity contribution in [2.45, 2.75) is 0 Å². The Balaban J connectivity index is 0.0000000980. The third-order valence-electron chi connectivity index (χ3n) is 24.3. The Kier molecular flexibility index (Phi) is 14.2. The highest BCUT2D eigenvalue weighted by molar-refractivity contribution is 7.25. The van der Waals surface area contributed by atoms with Crippen molar-refractivity contribution < 1.29 is 8.83 Å². The number of furan rings is 2. The predicted molar refractivity (Wildman–Crippen MR) is 493 cm³/mol. The van der Waals surface area contributed by atoms with Crippen LogP contribution in [0.5, 0.6) is 0 Å². The van der Waals surface area contributed by atoms with Crippen LogP contribution in [0.4, 0.5) is 0 Å². The van der Waals surface area contributed by atoms with Crippen LogP contribution in [0, 0.1) is 0 Å². The lowest BCUT2D eigenvalue weighted by atomic mass is 10.1. The van der Waals surface area contributed by atoms with E-state index in [1.54, 1.807) is 0 Å². The molecule has 27 aromatic rings. The minimum atomic E-state index is 0.909. The maximum absolute atomic E-state index is 6.17. The number of thiophene rings is 1. The van der Waals surface area contributed by atoms with E-state index in [0.717, 1.165) is 60.9 Å². The fourth-order valence-electron chi connectivity index (χ4n) is 19.4. The van der Waals surface area contributed by atoms with Gasteiger partial charge >= 0.3 is 0 Å². The first-order valence-corrected chi connectivity index (χ1v) is 40.7. The zero-order chi connectivity index (χ0) is 76.5. The lowest BCUT2D eigenvalue weighted by molar-refractivity contribution is 0.668. The first-order valence-electron chi connectivity index (χ1n) is 39.9. The van der Waals surface area contributed by atoms with Gasteiger partial charge in [-0.2, -0.15) is 0 Å². The quantitative estimate of drug-likeness (QED) is 0.167. The zero-order valence-corrected chi connectivity index (χ0v) is 63.8. The molecule has 0 fully saturated rings. The number of hydrogen-bond acceptors (Lipinski definition) is 3. The van der Waals surface area contributed by atoms with Crippen LogP contribution in [0.2, 0.25) is 0 Å². The molecule has 0 aliphatic heterocycles. The molecule has 27 rings (SSSR count). The van der Waals surface area contributed by atoms with Crippen LogP contribution >= 0.6 is 11.3 Å². The lowest BCUT2D eigenvalue weighted by Crippen LogP contribution is -1.95. The molecule has 0 aliphatic carbocycles. The Morgan fingerprint density at radius 3 is 0.940 bits per heavy atom. The average molecular weight is 1510 g/mol. The van der Waals surface area contributed by atoms with Gasteiger partial charge in [0, 0.05) is 140 Å². The van der Waals surface area contributed by atoms with Crippen LogP contribution in [0.1, 0.15) is 0 Å². The zero-order valence-electron chi connectivity index (χ0n) is 63.0. The van der Waals surface area contributed by atoms with E-state index in [-0.39, 0.29) is 0 Å². The maximum atomic E-state index is 6.17. The highest BCUT2D eigenvalue weighted by atomic mass is 32.1. The Morgan fingerprint density at radius 1 is 0.154 bits per heavy atom. The third-order valence-corrected chi connectivity index (χ3v) is 25.5. The number of fused-ring (bicyclic) bond motifs is 29. The van der Waals surface area contributed by atoms with Crippen molar-refractivity contribution in [2.75, 3.05) is 0 Å². The number of benzene rings is 18. The summed E-state index contributed by atoms with van der Waals surface area (Å²) < 4.78 is 29.5. The molecule has 9 aromatic heterocycles. The van der Waals surface area contributed by atoms with Gasteiger partial charge in [0.2, 0.25) is 0 Å². The number of aromatic nitrogens is 6. The first-order chi connectivity index (χ1) is 58.1. The number of nitrogens with zero attached hydrogens (tertiary/aromatic N) is 6. The molecule has 0 radical (unpaired) electrons. The molecule has 546 valence electrons. The SMILES string of the molecule is c1ccc(-n2c3ccccc3c3c2ccc2c4ccccc4n(-c4ccc5oc6ccccc6c5c4)c23)cc1.c1ccc(-n2c3ccccc3c3cc4c5ccccc5n(-c5ccc6sc7ccccc7c6c5)c4cc32)cc1.c1ccc(-n2c3ccccc3c3ccc4c(c5ccccc5n4-c4ccc5oc6ccccc6c5c4)c32)cc1. The molecule has 9 heteroatoms. The molecule has 0 N–H and O–H groups in total. The second-order valence-electron chi connectivity index (χ2n) is 30.6. The Hall–Kier alpha value is -15.4. The van der Waals surface area contributed by atoms with Crippen molar-refractivity contribution in [3.63, 3.8) is 0 Å². The minimum Gasteiger partial charge on any atom is -0.456 e. The smallest absolute Gasteiger partial charge is 0.135 e. The van der Waals surface area contributed by atoms with Gasteiger partial charge in [-0.1, -0.05) is 231 Å². The highest BCUT2D eigenvalue weighted by Gasteiger charge is 2.26. The van der Waals surface area contributed by atoms with Crippen molar-refractivity contribution in [3.05, 3.63) is 400 Å². The van der Waals surface area contributed by atoms with Crippen LogP contribution in [0.25, 0.3) is 229 Å². The van der Waals surface area contributed by atoms with E-state index >= 15 is 0 Å². The highest BCUT2D eigenvalue weighted by Crippen LogP contribution is 2.48. The van der Waals surface area contributed by atoms with Crippen molar-refractivity contribution in [1.29, 1.82) is 0 Å². The summed E-state index contributed by atoms with van der Waals surface area (Å²) in [6, 6.07) is 144. The van der Waals surface area contributed by atoms with Gasteiger partial charge in [0.05, 0.1) is 66.2 Å². The molecule has 0 spiro atoms. The molecular weight excluding hydrogens is 1450 g/mol. The lowest BCUT2D eigenvalue weighted by Gasteiger charge is -2.10. The molecule has 0 bridgehead atoms. The van der Waals surface area contributed by atoms with Crippen LogP contribution < -0.4 is 0 Å². The molecule has 0 saturated carbocycles. The summed E-state index contributed by atoms with van der Waals surface area (Å²) in [7, 11) is 0. The summed E-state index contributed by atoms with van der Waals surface area (Å²) in [5, 5.41) is 22.4. The van der Waals surface area contributed by atoms with Crippen LogP contribution in [-0.2, 0) is 0 Å². The normalized spacial score (nSPS) is 12.1. The van der Waals surface area contributed by atoms with Crippen molar-refractivity contribution >= 4 is 206 Å². The molecular formula is C108H66N6O2S. The summed E-state index contributed by atoms with van der Waals surface area (Å²) in [4.78, 5) is 0. The summed E-state index contributed by atoms with van der Waals surface area (Å²) in [5.41, 5.74) is 25.2. The molecule has 0 aliphatic rings. The summed E-state index contributed by atoms with van der Waals surface area (Å²) in [5.74, 6) is 0. The van der Waals surface area contributed by atoms with Gasteiger partial charge in [-0.3, -0.25) is 0 Å².